The predicted molar refractivity (Wildman–Crippen MR) is 55.3 cm³/mol. The third-order valence-corrected chi connectivity index (χ3v) is 2.43. The van der Waals surface area contributed by atoms with Gasteiger partial charge in [0, 0.05) is 19.6 Å². The zero-order valence-corrected chi connectivity index (χ0v) is 9.28. The fraction of sp³-hybridized carbons (Fsp3) is 0.800. The minimum atomic E-state index is -0.0607. The highest BCUT2D eigenvalue weighted by Gasteiger charge is 2.24. The summed E-state index contributed by atoms with van der Waals surface area (Å²) < 4.78 is 5.27. The van der Waals surface area contributed by atoms with Gasteiger partial charge < -0.3 is 15.0 Å². The second-order valence-electron chi connectivity index (χ2n) is 3.62. The van der Waals surface area contributed by atoms with Gasteiger partial charge in [-0.15, -0.1) is 0 Å². The van der Waals surface area contributed by atoms with Crippen molar-refractivity contribution in [2.24, 2.45) is 0 Å². The highest BCUT2D eigenvalue weighted by molar-refractivity contribution is 5.87. The number of rotatable bonds is 4. The van der Waals surface area contributed by atoms with Crippen molar-refractivity contribution in [1.29, 1.82) is 0 Å². The van der Waals surface area contributed by atoms with E-state index < -0.39 is 0 Å². The standard InChI is InChI=1S/C10H18N2O3/c1-3-15-7-8(2)12-5-4-9(13)11-6-10(12)14/h8H,3-7H2,1-2H3,(H,11,13). The molecule has 5 nitrogen and oxygen atoms in total. The molecule has 1 heterocycles. The van der Waals surface area contributed by atoms with Crippen molar-refractivity contribution in [3.63, 3.8) is 0 Å². The number of amides is 2. The third-order valence-electron chi connectivity index (χ3n) is 2.43. The summed E-state index contributed by atoms with van der Waals surface area (Å²) in [5.74, 6) is -0.0949. The van der Waals surface area contributed by atoms with Crippen LogP contribution in [-0.2, 0) is 14.3 Å². The van der Waals surface area contributed by atoms with Crippen LogP contribution >= 0.6 is 0 Å². The Labute approximate surface area is 89.8 Å². The van der Waals surface area contributed by atoms with E-state index >= 15 is 0 Å². The minimum Gasteiger partial charge on any atom is -0.380 e. The molecule has 1 rings (SSSR count). The van der Waals surface area contributed by atoms with E-state index in [9.17, 15) is 9.59 Å². The van der Waals surface area contributed by atoms with Crippen LogP contribution in [0.5, 0.6) is 0 Å². The molecule has 1 N–H and O–H groups in total. The van der Waals surface area contributed by atoms with Crippen LogP contribution in [0.25, 0.3) is 0 Å². The molecule has 5 heteroatoms. The summed E-state index contributed by atoms with van der Waals surface area (Å²) in [6.45, 7) is 5.61. The van der Waals surface area contributed by atoms with E-state index in [2.05, 4.69) is 5.32 Å². The summed E-state index contributed by atoms with van der Waals surface area (Å²) in [6, 6.07) is 0.0325. The molecule has 15 heavy (non-hydrogen) atoms. The van der Waals surface area contributed by atoms with Gasteiger partial charge in [0.25, 0.3) is 0 Å². The maximum Gasteiger partial charge on any atom is 0.242 e. The average molecular weight is 214 g/mol. The van der Waals surface area contributed by atoms with Crippen LogP contribution in [0.2, 0.25) is 0 Å². The molecular weight excluding hydrogens is 196 g/mol. The first kappa shape index (κ1) is 12.0. The van der Waals surface area contributed by atoms with E-state index in [1.165, 1.54) is 0 Å². The van der Waals surface area contributed by atoms with E-state index in [4.69, 9.17) is 4.74 Å². The van der Waals surface area contributed by atoms with Gasteiger partial charge >= 0.3 is 0 Å². The minimum absolute atomic E-state index is 0.0325. The Hall–Kier alpha value is -1.10. The van der Waals surface area contributed by atoms with Crippen molar-refractivity contribution in [2.45, 2.75) is 26.3 Å². The Kier molecular flexibility index (Phi) is 4.55. The molecule has 0 spiro atoms. The molecule has 86 valence electrons. The van der Waals surface area contributed by atoms with Crippen molar-refractivity contribution in [2.75, 3.05) is 26.3 Å². The Morgan fingerprint density at radius 1 is 1.53 bits per heavy atom. The smallest absolute Gasteiger partial charge is 0.242 e. The lowest BCUT2D eigenvalue weighted by atomic mass is 10.2. The number of nitrogens with one attached hydrogen (secondary N) is 1. The summed E-state index contributed by atoms with van der Waals surface area (Å²) in [7, 11) is 0. The zero-order valence-electron chi connectivity index (χ0n) is 9.28. The van der Waals surface area contributed by atoms with Gasteiger partial charge in [-0.2, -0.15) is 0 Å². The van der Waals surface area contributed by atoms with E-state index in [1.807, 2.05) is 13.8 Å². The van der Waals surface area contributed by atoms with E-state index in [0.29, 0.717) is 26.2 Å². The SMILES string of the molecule is CCOCC(C)N1CCC(=O)NCC1=O. The number of carbonyl (C=O) groups excluding carboxylic acids is 2. The Bertz CT molecular complexity index is 243. The van der Waals surface area contributed by atoms with Gasteiger partial charge in [-0.1, -0.05) is 0 Å². The highest BCUT2D eigenvalue weighted by Crippen LogP contribution is 2.04. The van der Waals surface area contributed by atoms with Crippen LogP contribution < -0.4 is 5.32 Å². The number of nitrogens with zero attached hydrogens (tertiary/aromatic N) is 1. The van der Waals surface area contributed by atoms with Gasteiger partial charge in [-0.25, -0.2) is 0 Å². The largest absolute Gasteiger partial charge is 0.380 e. The van der Waals surface area contributed by atoms with Crippen LogP contribution in [0.3, 0.4) is 0 Å². The summed E-state index contributed by atoms with van der Waals surface area (Å²) in [6.07, 6.45) is 0.377. The predicted octanol–water partition coefficient (Wildman–Crippen LogP) is -0.240. The molecule has 0 aromatic rings. The monoisotopic (exact) mass is 214 g/mol. The lowest BCUT2D eigenvalue weighted by Crippen LogP contribution is -2.43. The van der Waals surface area contributed by atoms with Gasteiger partial charge in [-0.05, 0) is 13.8 Å². The maximum atomic E-state index is 11.6. The molecule has 1 saturated heterocycles. The molecule has 1 fully saturated rings. The number of hydrogen-bond donors (Lipinski definition) is 1. The molecule has 1 unspecified atom stereocenters. The molecule has 1 atom stereocenters. The van der Waals surface area contributed by atoms with Gasteiger partial charge in [0.15, 0.2) is 0 Å². The van der Waals surface area contributed by atoms with Gasteiger partial charge in [0.2, 0.25) is 11.8 Å². The third kappa shape index (κ3) is 3.51. The average Bonchev–Trinajstić information content (AvgIpc) is 2.38. The molecule has 0 saturated carbocycles. The Morgan fingerprint density at radius 2 is 2.27 bits per heavy atom. The second-order valence-corrected chi connectivity index (χ2v) is 3.62. The topological polar surface area (TPSA) is 58.6 Å². The van der Waals surface area contributed by atoms with Crippen LogP contribution in [0, 0.1) is 0 Å². The normalized spacial score (nSPS) is 19.7. The van der Waals surface area contributed by atoms with Crippen molar-refractivity contribution >= 4 is 11.8 Å². The van der Waals surface area contributed by atoms with Crippen LogP contribution in [0.4, 0.5) is 0 Å². The van der Waals surface area contributed by atoms with E-state index in [1.54, 1.807) is 4.90 Å². The summed E-state index contributed by atoms with van der Waals surface area (Å²) in [5, 5.41) is 2.56. The fourth-order valence-corrected chi connectivity index (χ4v) is 1.56. The summed E-state index contributed by atoms with van der Waals surface area (Å²) in [4.78, 5) is 24.4. The first-order valence-corrected chi connectivity index (χ1v) is 5.29. The van der Waals surface area contributed by atoms with Crippen molar-refractivity contribution in [3.05, 3.63) is 0 Å². The van der Waals surface area contributed by atoms with E-state index in [0.717, 1.165) is 0 Å². The fourth-order valence-electron chi connectivity index (χ4n) is 1.56. The van der Waals surface area contributed by atoms with Crippen molar-refractivity contribution in [1.82, 2.24) is 10.2 Å². The molecule has 0 aromatic carbocycles. The molecule has 1 aliphatic rings. The van der Waals surface area contributed by atoms with Crippen LogP contribution in [0.15, 0.2) is 0 Å². The zero-order chi connectivity index (χ0) is 11.3. The molecule has 0 radical (unpaired) electrons. The number of hydrogen-bond acceptors (Lipinski definition) is 3. The van der Waals surface area contributed by atoms with Crippen LogP contribution in [-0.4, -0.2) is 49.1 Å². The second kappa shape index (κ2) is 5.70. The Morgan fingerprint density at radius 3 is 2.93 bits per heavy atom. The van der Waals surface area contributed by atoms with Crippen LogP contribution in [0.1, 0.15) is 20.3 Å². The van der Waals surface area contributed by atoms with Gasteiger partial charge in [0.05, 0.1) is 19.2 Å². The summed E-state index contributed by atoms with van der Waals surface area (Å²) >= 11 is 0. The molecule has 1 aliphatic heterocycles. The van der Waals surface area contributed by atoms with Gasteiger partial charge in [-0.3, -0.25) is 9.59 Å². The van der Waals surface area contributed by atoms with Gasteiger partial charge in [0.1, 0.15) is 0 Å². The summed E-state index contributed by atoms with van der Waals surface area (Å²) in [5.41, 5.74) is 0. The maximum absolute atomic E-state index is 11.6. The first-order chi connectivity index (χ1) is 7.15. The van der Waals surface area contributed by atoms with Crippen molar-refractivity contribution in [3.8, 4) is 0 Å². The lowest BCUT2D eigenvalue weighted by molar-refractivity contribution is -0.133. The molecule has 2 amide bonds. The quantitative estimate of drug-likeness (QED) is 0.702. The first-order valence-electron chi connectivity index (χ1n) is 5.29. The van der Waals surface area contributed by atoms with Crippen molar-refractivity contribution < 1.29 is 14.3 Å². The van der Waals surface area contributed by atoms with E-state index in [-0.39, 0.29) is 24.4 Å². The molecular formula is C10H18N2O3. The number of ether oxygens (including phenoxy) is 1. The lowest BCUT2D eigenvalue weighted by Gasteiger charge is -2.27. The molecule has 0 bridgehead atoms. The number of carbonyl (C=O) groups is 2. The molecule has 0 aromatic heterocycles. The Balaban J connectivity index is 2.50. The molecule has 0 aliphatic carbocycles. The highest BCUT2D eigenvalue weighted by atomic mass is 16.5.